The van der Waals surface area contributed by atoms with Crippen LogP contribution in [0.3, 0.4) is 0 Å². The van der Waals surface area contributed by atoms with E-state index in [4.69, 9.17) is 10.8 Å². The lowest BCUT2D eigenvalue weighted by Crippen LogP contribution is -2.23. The second kappa shape index (κ2) is 5.80. The molecule has 1 atom stereocenters. The average molecular weight is 268 g/mol. The molecule has 0 bridgehead atoms. The molecule has 0 spiro atoms. The lowest BCUT2D eigenvalue weighted by atomic mass is 9.84. The fourth-order valence-electron chi connectivity index (χ4n) is 2.61. The Morgan fingerprint density at radius 2 is 2.17 bits per heavy atom. The normalized spacial score (nSPS) is 18.8. The van der Waals surface area contributed by atoms with Crippen molar-refractivity contribution in [3.63, 3.8) is 0 Å². The van der Waals surface area contributed by atoms with Crippen molar-refractivity contribution < 1.29 is 9.90 Å². The van der Waals surface area contributed by atoms with Gasteiger partial charge in [0.05, 0.1) is 6.04 Å². The zero-order chi connectivity index (χ0) is 13.1. The van der Waals surface area contributed by atoms with E-state index < -0.39 is 5.97 Å². The van der Waals surface area contributed by atoms with Gasteiger partial charge in [-0.05, 0) is 25.2 Å². The number of aryl methyl sites for hydroxylation is 1. The van der Waals surface area contributed by atoms with Crippen LogP contribution >= 0.6 is 11.3 Å². The first kappa shape index (κ1) is 13.5. The molecule has 1 saturated carbocycles. The molecule has 1 unspecified atom stereocenters. The highest BCUT2D eigenvalue weighted by Crippen LogP contribution is 2.35. The minimum absolute atomic E-state index is 0.0892. The highest BCUT2D eigenvalue weighted by atomic mass is 32.1. The predicted octanol–water partition coefficient (Wildman–Crippen LogP) is 2.98. The number of rotatable bonds is 4. The van der Waals surface area contributed by atoms with Crippen LogP contribution in [0.25, 0.3) is 0 Å². The van der Waals surface area contributed by atoms with E-state index in [0.29, 0.717) is 12.3 Å². The number of nitrogens with two attached hydrogens (primary N) is 1. The van der Waals surface area contributed by atoms with Crippen LogP contribution in [0.5, 0.6) is 0 Å². The largest absolute Gasteiger partial charge is 0.476 e. The number of aromatic carboxylic acids is 1. The van der Waals surface area contributed by atoms with Crippen molar-refractivity contribution in [1.82, 2.24) is 4.98 Å². The monoisotopic (exact) mass is 268 g/mol. The fraction of sp³-hybridized carbons (Fsp3) is 0.692. The van der Waals surface area contributed by atoms with Crippen LogP contribution < -0.4 is 5.73 Å². The summed E-state index contributed by atoms with van der Waals surface area (Å²) in [5.41, 5.74) is 6.46. The molecule has 5 heteroatoms. The summed E-state index contributed by atoms with van der Waals surface area (Å²) in [6.45, 7) is 1.95. The Bertz CT molecular complexity index is 425. The maximum Gasteiger partial charge on any atom is 0.355 e. The van der Waals surface area contributed by atoms with Crippen molar-refractivity contribution in [2.75, 3.05) is 0 Å². The van der Waals surface area contributed by atoms with Crippen LogP contribution in [0.2, 0.25) is 0 Å². The van der Waals surface area contributed by atoms with Crippen molar-refractivity contribution in [2.24, 2.45) is 11.7 Å². The molecule has 1 aromatic rings. The van der Waals surface area contributed by atoms with Crippen LogP contribution in [-0.2, 0) is 6.42 Å². The van der Waals surface area contributed by atoms with Crippen molar-refractivity contribution in [1.29, 1.82) is 0 Å². The summed E-state index contributed by atoms with van der Waals surface area (Å²) in [5.74, 6) is -0.471. The zero-order valence-electron chi connectivity index (χ0n) is 10.7. The number of carboxylic acids is 1. The molecule has 100 valence electrons. The molecule has 2 rings (SSSR count). The molecular weight excluding hydrogens is 248 g/mol. The lowest BCUT2D eigenvalue weighted by Gasteiger charge is -2.25. The van der Waals surface area contributed by atoms with Gasteiger partial charge in [-0.1, -0.05) is 26.2 Å². The highest BCUT2D eigenvalue weighted by Gasteiger charge is 2.26. The minimum Gasteiger partial charge on any atom is -0.476 e. The van der Waals surface area contributed by atoms with E-state index in [1.54, 1.807) is 0 Å². The Morgan fingerprint density at radius 3 is 2.67 bits per heavy atom. The molecule has 0 radical (unpaired) electrons. The molecule has 0 saturated heterocycles. The van der Waals surface area contributed by atoms with Crippen LogP contribution in [0.1, 0.15) is 65.4 Å². The molecule has 0 aromatic carbocycles. The number of nitrogens with zero attached hydrogens (tertiary/aromatic N) is 1. The maximum absolute atomic E-state index is 11.1. The van der Waals surface area contributed by atoms with Crippen molar-refractivity contribution in [3.8, 4) is 0 Å². The summed E-state index contributed by atoms with van der Waals surface area (Å²) >= 11 is 1.47. The third kappa shape index (κ3) is 2.72. The molecule has 0 aliphatic heterocycles. The number of carbonyl (C=O) groups is 1. The maximum atomic E-state index is 11.1. The third-order valence-corrected chi connectivity index (χ3v) is 4.98. The number of hydrogen-bond donors (Lipinski definition) is 2. The number of aromatic nitrogens is 1. The average Bonchev–Trinajstić information content (AvgIpc) is 2.83. The van der Waals surface area contributed by atoms with Crippen LogP contribution in [-0.4, -0.2) is 16.1 Å². The van der Waals surface area contributed by atoms with Gasteiger partial charge in [0.15, 0.2) is 5.69 Å². The molecule has 3 N–H and O–H groups in total. The third-order valence-electron chi connectivity index (χ3n) is 3.68. The minimum atomic E-state index is -0.940. The van der Waals surface area contributed by atoms with Gasteiger partial charge in [0, 0.05) is 4.88 Å². The first-order valence-electron chi connectivity index (χ1n) is 6.62. The van der Waals surface area contributed by atoms with Gasteiger partial charge >= 0.3 is 5.97 Å². The van der Waals surface area contributed by atoms with Gasteiger partial charge in [0.1, 0.15) is 5.01 Å². The first-order chi connectivity index (χ1) is 8.63. The molecule has 18 heavy (non-hydrogen) atoms. The van der Waals surface area contributed by atoms with Gasteiger partial charge in [-0.15, -0.1) is 11.3 Å². The SMILES string of the molecule is CCc1sc(C(N)C2CCCCC2)nc1C(=O)O. The van der Waals surface area contributed by atoms with Crippen molar-refractivity contribution in [2.45, 2.75) is 51.5 Å². The van der Waals surface area contributed by atoms with E-state index in [9.17, 15) is 4.79 Å². The topological polar surface area (TPSA) is 76.2 Å². The number of hydrogen-bond acceptors (Lipinski definition) is 4. The Hall–Kier alpha value is -0.940. The van der Waals surface area contributed by atoms with Gasteiger partial charge in [0.25, 0.3) is 0 Å². The van der Waals surface area contributed by atoms with Gasteiger partial charge in [-0.25, -0.2) is 9.78 Å². The molecular formula is C13H20N2O2S. The van der Waals surface area contributed by atoms with Crippen LogP contribution in [0, 0.1) is 5.92 Å². The Balaban J connectivity index is 2.19. The van der Waals surface area contributed by atoms with Gasteiger partial charge in [-0.2, -0.15) is 0 Å². The lowest BCUT2D eigenvalue weighted by molar-refractivity contribution is 0.0690. The molecule has 1 heterocycles. The molecule has 1 aliphatic rings. The second-order valence-electron chi connectivity index (χ2n) is 4.91. The summed E-state index contributed by atoms with van der Waals surface area (Å²) in [4.78, 5) is 16.2. The summed E-state index contributed by atoms with van der Waals surface area (Å²) in [6.07, 6.45) is 6.75. The first-order valence-corrected chi connectivity index (χ1v) is 7.43. The quantitative estimate of drug-likeness (QED) is 0.880. The van der Waals surface area contributed by atoms with E-state index >= 15 is 0 Å². The fourth-order valence-corrected chi connectivity index (χ4v) is 3.71. The highest BCUT2D eigenvalue weighted by molar-refractivity contribution is 7.12. The van der Waals surface area contributed by atoms with E-state index in [0.717, 1.165) is 22.7 Å². The molecule has 0 amide bonds. The van der Waals surface area contributed by atoms with Crippen molar-refractivity contribution in [3.05, 3.63) is 15.6 Å². The second-order valence-corrected chi connectivity index (χ2v) is 6.02. The Kier molecular flexibility index (Phi) is 4.35. The van der Waals surface area contributed by atoms with E-state index in [-0.39, 0.29) is 11.7 Å². The molecule has 1 aliphatic carbocycles. The molecule has 4 nitrogen and oxygen atoms in total. The Labute approximate surface area is 111 Å². The van der Waals surface area contributed by atoms with Gasteiger partial charge in [0.2, 0.25) is 0 Å². The van der Waals surface area contributed by atoms with Crippen molar-refractivity contribution >= 4 is 17.3 Å². The molecule has 1 aromatic heterocycles. The van der Waals surface area contributed by atoms with E-state index in [1.165, 1.54) is 30.6 Å². The smallest absolute Gasteiger partial charge is 0.355 e. The van der Waals surface area contributed by atoms with E-state index in [2.05, 4.69) is 4.98 Å². The zero-order valence-corrected chi connectivity index (χ0v) is 11.5. The summed E-state index contributed by atoms with van der Waals surface area (Å²) in [7, 11) is 0. The van der Waals surface area contributed by atoms with Gasteiger partial charge in [-0.3, -0.25) is 0 Å². The van der Waals surface area contributed by atoms with Crippen LogP contribution in [0.4, 0.5) is 0 Å². The summed E-state index contributed by atoms with van der Waals surface area (Å²) in [5, 5.41) is 9.91. The number of thiazole rings is 1. The number of carboxylic acid groups (broad SMARTS) is 1. The summed E-state index contributed by atoms with van der Waals surface area (Å²) < 4.78 is 0. The van der Waals surface area contributed by atoms with E-state index in [1.807, 2.05) is 6.92 Å². The van der Waals surface area contributed by atoms with Gasteiger partial charge < -0.3 is 10.8 Å². The summed E-state index contributed by atoms with van der Waals surface area (Å²) in [6, 6.07) is -0.0892. The predicted molar refractivity (Wildman–Crippen MR) is 72.0 cm³/mol. The molecule has 1 fully saturated rings. The standard InChI is InChI=1S/C13H20N2O2S/c1-2-9-11(13(16)17)15-12(18-9)10(14)8-6-4-3-5-7-8/h8,10H,2-7,14H2,1H3,(H,16,17). The Morgan fingerprint density at radius 1 is 1.50 bits per heavy atom. The van der Waals surface area contributed by atoms with Crippen LogP contribution in [0.15, 0.2) is 0 Å².